The van der Waals surface area contributed by atoms with Crippen molar-refractivity contribution < 1.29 is 17.9 Å². The van der Waals surface area contributed by atoms with Gasteiger partial charge < -0.3 is 14.6 Å². The van der Waals surface area contributed by atoms with Crippen LogP contribution in [0.15, 0.2) is 36.7 Å². The Morgan fingerprint density at radius 2 is 2.03 bits per heavy atom. The van der Waals surface area contributed by atoms with Gasteiger partial charge in [-0.05, 0) is 49.8 Å². The van der Waals surface area contributed by atoms with Crippen molar-refractivity contribution in [1.82, 2.24) is 35.3 Å². The Bertz CT molecular complexity index is 1440. The van der Waals surface area contributed by atoms with Gasteiger partial charge in [0.05, 0.1) is 17.8 Å². The summed E-state index contributed by atoms with van der Waals surface area (Å²) in [6.45, 7) is 2.99. The van der Waals surface area contributed by atoms with Gasteiger partial charge in [0, 0.05) is 42.6 Å². The molecule has 0 radical (unpaired) electrons. The van der Waals surface area contributed by atoms with Gasteiger partial charge in [0.25, 0.3) is 0 Å². The average molecular weight is 526 g/mol. The Labute approximate surface area is 218 Å². The molecule has 0 amide bonds. The predicted molar refractivity (Wildman–Crippen MR) is 135 cm³/mol. The molecule has 3 atom stereocenters. The quantitative estimate of drug-likeness (QED) is 0.347. The third kappa shape index (κ3) is 4.58. The SMILES string of the molecule is C[C@@H](N[C@@H]1CCOC1)c1nc(C(F)(F)F)cc2c(-c3cccc([C@H](c4nncn4C)C4CCC4)c3)n[nH]c12. The molecule has 2 N–H and O–H groups in total. The number of alkyl halides is 3. The van der Waals surface area contributed by atoms with E-state index in [1.807, 2.05) is 36.7 Å². The van der Waals surface area contributed by atoms with Crippen molar-refractivity contribution >= 4 is 10.9 Å². The fraction of sp³-hybridized carbons (Fsp3) is 0.481. The van der Waals surface area contributed by atoms with E-state index < -0.39 is 17.9 Å². The van der Waals surface area contributed by atoms with E-state index in [4.69, 9.17) is 4.74 Å². The smallest absolute Gasteiger partial charge is 0.380 e. The fourth-order valence-corrected chi connectivity index (χ4v) is 5.68. The van der Waals surface area contributed by atoms with Gasteiger partial charge >= 0.3 is 6.18 Å². The molecule has 1 saturated heterocycles. The second-order valence-corrected chi connectivity index (χ2v) is 10.4. The van der Waals surface area contributed by atoms with E-state index in [1.54, 1.807) is 6.33 Å². The van der Waals surface area contributed by atoms with Crippen LogP contribution in [0.3, 0.4) is 0 Å². The third-order valence-electron chi connectivity index (χ3n) is 7.86. The number of pyridine rings is 1. The first-order chi connectivity index (χ1) is 18.3. The van der Waals surface area contributed by atoms with Gasteiger partial charge in [0.15, 0.2) is 0 Å². The lowest BCUT2D eigenvalue weighted by Crippen LogP contribution is -2.32. The van der Waals surface area contributed by atoms with Gasteiger partial charge in [-0.1, -0.05) is 24.6 Å². The summed E-state index contributed by atoms with van der Waals surface area (Å²) in [6, 6.07) is 8.65. The molecule has 6 rings (SSSR count). The van der Waals surface area contributed by atoms with Crippen LogP contribution < -0.4 is 5.32 Å². The molecule has 200 valence electrons. The number of benzene rings is 1. The first-order valence-corrected chi connectivity index (χ1v) is 13.0. The van der Waals surface area contributed by atoms with Gasteiger partial charge in [0.2, 0.25) is 0 Å². The van der Waals surface area contributed by atoms with E-state index in [0.717, 1.165) is 42.3 Å². The first kappa shape index (κ1) is 25.0. The zero-order chi connectivity index (χ0) is 26.4. The molecule has 1 saturated carbocycles. The Kier molecular flexibility index (Phi) is 6.43. The van der Waals surface area contributed by atoms with Crippen LogP contribution in [0.25, 0.3) is 22.2 Å². The largest absolute Gasteiger partial charge is 0.433 e. The normalized spacial score (nSPS) is 20.1. The average Bonchev–Trinajstić information content (AvgIpc) is 3.61. The maximum absolute atomic E-state index is 14.0. The van der Waals surface area contributed by atoms with Crippen LogP contribution in [0.2, 0.25) is 0 Å². The van der Waals surface area contributed by atoms with Gasteiger partial charge in [-0.15, -0.1) is 10.2 Å². The maximum atomic E-state index is 14.0. The third-order valence-corrected chi connectivity index (χ3v) is 7.86. The molecule has 0 unspecified atom stereocenters. The van der Waals surface area contributed by atoms with Crippen molar-refractivity contribution in [2.45, 2.75) is 56.8 Å². The number of nitrogens with zero attached hydrogens (tertiary/aromatic N) is 5. The Hall–Kier alpha value is -3.31. The van der Waals surface area contributed by atoms with Crippen molar-refractivity contribution in [3.63, 3.8) is 0 Å². The molecule has 4 aromatic rings. The predicted octanol–water partition coefficient (Wildman–Crippen LogP) is 5.14. The number of aromatic amines is 1. The number of hydrogen-bond donors (Lipinski definition) is 2. The molecule has 1 aliphatic carbocycles. The summed E-state index contributed by atoms with van der Waals surface area (Å²) in [4.78, 5) is 4.03. The van der Waals surface area contributed by atoms with E-state index in [2.05, 4.69) is 36.8 Å². The van der Waals surface area contributed by atoms with Crippen LogP contribution in [0.5, 0.6) is 0 Å². The first-order valence-electron chi connectivity index (χ1n) is 13.0. The summed E-state index contributed by atoms with van der Waals surface area (Å²) in [5.41, 5.74) is 2.14. The zero-order valence-corrected chi connectivity index (χ0v) is 21.3. The van der Waals surface area contributed by atoms with Crippen LogP contribution in [-0.2, 0) is 18.0 Å². The highest BCUT2D eigenvalue weighted by molar-refractivity contribution is 5.94. The van der Waals surface area contributed by atoms with Gasteiger partial charge in [-0.25, -0.2) is 4.98 Å². The fourth-order valence-electron chi connectivity index (χ4n) is 5.68. The lowest BCUT2D eigenvalue weighted by molar-refractivity contribution is -0.141. The second kappa shape index (κ2) is 9.77. The summed E-state index contributed by atoms with van der Waals surface area (Å²) in [5.74, 6) is 1.39. The van der Waals surface area contributed by atoms with Crippen molar-refractivity contribution in [2.75, 3.05) is 13.2 Å². The number of nitrogens with one attached hydrogen (secondary N) is 2. The Balaban J connectivity index is 1.43. The molecule has 11 heteroatoms. The molecule has 1 aromatic carbocycles. The summed E-state index contributed by atoms with van der Waals surface area (Å²) in [5, 5.41) is 19.7. The van der Waals surface area contributed by atoms with Crippen molar-refractivity contribution in [3.8, 4) is 11.3 Å². The number of aryl methyl sites for hydroxylation is 1. The van der Waals surface area contributed by atoms with Crippen molar-refractivity contribution in [1.29, 1.82) is 0 Å². The van der Waals surface area contributed by atoms with E-state index in [1.165, 1.54) is 6.42 Å². The van der Waals surface area contributed by atoms with Gasteiger partial charge in [-0.3, -0.25) is 5.10 Å². The highest BCUT2D eigenvalue weighted by Gasteiger charge is 2.36. The number of halogens is 3. The van der Waals surface area contributed by atoms with Crippen LogP contribution in [0, 0.1) is 5.92 Å². The summed E-state index contributed by atoms with van der Waals surface area (Å²) < 4.78 is 49.2. The minimum absolute atomic E-state index is 0.0576. The molecule has 0 spiro atoms. The summed E-state index contributed by atoms with van der Waals surface area (Å²) in [7, 11) is 1.94. The van der Waals surface area contributed by atoms with E-state index >= 15 is 0 Å². The van der Waals surface area contributed by atoms with Crippen LogP contribution >= 0.6 is 0 Å². The number of hydrogen-bond acceptors (Lipinski definition) is 6. The maximum Gasteiger partial charge on any atom is 0.433 e. The summed E-state index contributed by atoms with van der Waals surface area (Å²) >= 11 is 0. The highest BCUT2D eigenvalue weighted by Crippen LogP contribution is 2.44. The highest BCUT2D eigenvalue weighted by atomic mass is 19.4. The number of fused-ring (bicyclic) bond motifs is 1. The monoisotopic (exact) mass is 525 g/mol. The molecular formula is C27H30F3N7O. The minimum atomic E-state index is -4.59. The van der Waals surface area contributed by atoms with Gasteiger partial charge in [-0.2, -0.15) is 18.3 Å². The Morgan fingerprint density at radius 1 is 1.18 bits per heavy atom. The second-order valence-electron chi connectivity index (χ2n) is 10.4. The summed E-state index contributed by atoms with van der Waals surface area (Å²) in [6.07, 6.45) is 1.31. The van der Waals surface area contributed by atoms with Crippen molar-refractivity contribution in [2.24, 2.45) is 13.0 Å². The van der Waals surface area contributed by atoms with Crippen LogP contribution in [-0.4, -0.2) is 49.2 Å². The topological polar surface area (TPSA) is 93.5 Å². The van der Waals surface area contributed by atoms with E-state index in [0.29, 0.717) is 41.4 Å². The minimum Gasteiger partial charge on any atom is -0.380 e. The number of H-pyrrole nitrogens is 1. The molecule has 2 fully saturated rings. The Morgan fingerprint density at radius 3 is 2.68 bits per heavy atom. The lowest BCUT2D eigenvalue weighted by Gasteiger charge is -2.33. The molecule has 2 aliphatic rings. The van der Waals surface area contributed by atoms with Gasteiger partial charge in [0.1, 0.15) is 23.5 Å². The van der Waals surface area contributed by atoms with Crippen LogP contribution in [0.1, 0.15) is 67.3 Å². The van der Waals surface area contributed by atoms with E-state index in [-0.39, 0.29) is 12.0 Å². The van der Waals surface area contributed by atoms with Crippen molar-refractivity contribution in [3.05, 3.63) is 59.4 Å². The standard InChI is InChI=1S/C27H30F3N7O/c1-15(32-19-9-10-38-13-19)23-25-20(12-21(33-23)27(28,29)30)24(34-35-25)18-8-4-7-17(11-18)22(16-5-3-6-16)26-36-31-14-37(26)2/h4,7-8,11-12,14-16,19,22,32H,3,5-6,9-10,13H2,1-2H3,(H,34,35)/t15-,19-,22-/m1/s1. The number of ether oxygens (including phenoxy) is 1. The molecule has 3 aromatic heterocycles. The zero-order valence-electron chi connectivity index (χ0n) is 21.3. The molecule has 38 heavy (non-hydrogen) atoms. The molecule has 4 heterocycles. The number of aromatic nitrogens is 6. The molecule has 8 nitrogen and oxygen atoms in total. The molecule has 0 bridgehead atoms. The number of rotatable bonds is 7. The molecular weight excluding hydrogens is 495 g/mol. The van der Waals surface area contributed by atoms with E-state index in [9.17, 15) is 13.2 Å². The molecule has 1 aliphatic heterocycles. The lowest BCUT2D eigenvalue weighted by atomic mass is 9.72. The van der Waals surface area contributed by atoms with Crippen LogP contribution in [0.4, 0.5) is 13.2 Å².